The molecule has 0 spiro atoms. The number of aromatic nitrogens is 2. The number of carbonyl (C=O) groups is 1. The summed E-state index contributed by atoms with van der Waals surface area (Å²) in [5.74, 6) is -0.00330. The molecule has 1 amide bonds. The van der Waals surface area contributed by atoms with Crippen molar-refractivity contribution < 1.29 is 14.3 Å². The van der Waals surface area contributed by atoms with Crippen LogP contribution in [0.25, 0.3) is 11.7 Å². The van der Waals surface area contributed by atoms with Crippen LogP contribution in [0.1, 0.15) is 12.5 Å². The van der Waals surface area contributed by atoms with Gasteiger partial charge in [-0.2, -0.15) is 10.2 Å². The molecule has 0 aliphatic carbocycles. The molecular weight excluding hydrogens is 503 g/mol. The molecule has 0 aliphatic rings. The summed E-state index contributed by atoms with van der Waals surface area (Å²) in [4.78, 5) is 30.6. The van der Waals surface area contributed by atoms with Crippen molar-refractivity contribution in [3.63, 3.8) is 0 Å². The second-order valence-corrected chi connectivity index (χ2v) is 8.17. The Morgan fingerprint density at radius 3 is 2.64 bits per heavy atom. The van der Waals surface area contributed by atoms with Crippen LogP contribution in [0.2, 0.25) is 10.0 Å². The fourth-order valence-corrected chi connectivity index (χ4v) is 3.69. The topological polar surface area (TPSA) is 106 Å². The Balaban J connectivity index is 1.75. The van der Waals surface area contributed by atoms with E-state index in [1.165, 1.54) is 22.7 Å². The summed E-state index contributed by atoms with van der Waals surface area (Å²) in [7, 11) is 0. The number of halogens is 2. The molecule has 0 aliphatic heterocycles. The summed E-state index contributed by atoms with van der Waals surface area (Å²) in [6.07, 6.45) is 2.66. The van der Waals surface area contributed by atoms with E-state index >= 15 is 0 Å². The molecule has 2 heterocycles. The van der Waals surface area contributed by atoms with Gasteiger partial charge in [-0.1, -0.05) is 29.3 Å². The first-order valence-corrected chi connectivity index (χ1v) is 11.5. The van der Waals surface area contributed by atoms with Gasteiger partial charge in [0.25, 0.3) is 11.5 Å². The monoisotopic (exact) mass is 520 g/mol. The van der Waals surface area contributed by atoms with Gasteiger partial charge in [-0.25, -0.2) is 0 Å². The molecule has 0 saturated carbocycles. The number of pyridine rings is 1. The minimum Gasteiger partial charge on any atom is -0.494 e. The molecule has 0 saturated heterocycles. The molecule has 10 heteroatoms. The number of nitrogens with zero attached hydrogens (tertiary/aromatic N) is 3. The lowest BCUT2D eigenvalue weighted by Crippen LogP contribution is -2.20. The van der Waals surface area contributed by atoms with E-state index in [0.717, 1.165) is 6.08 Å². The van der Waals surface area contributed by atoms with Crippen LogP contribution < -0.4 is 20.3 Å². The van der Waals surface area contributed by atoms with Crippen molar-refractivity contribution in [2.75, 3.05) is 11.9 Å². The first kappa shape index (κ1) is 24.8. The van der Waals surface area contributed by atoms with Crippen LogP contribution in [-0.4, -0.2) is 21.9 Å². The molecule has 4 rings (SSSR count). The zero-order chi connectivity index (χ0) is 25.7. The van der Waals surface area contributed by atoms with Gasteiger partial charge in [0.05, 0.1) is 11.6 Å². The van der Waals surface area contributed by atoms with Gasteiger partial charge in [0.2, 0.25) is 5.88 Å². The summed E-state index contributed by atoms with van der Waals surface area (Å²) >= 11 is 12.2. The van der Waals surface area contributed by atoms with E-state index in [-0.39, 0.29) is 27.8 Å². The molecular formula is C26H18Cl2N4O4. The summed E-state index contributed by atoms with van der Waals surface area (Å²) < 4.78 is 12.5. The molecule has 0 fully saturated rings. The predicted molar refractivity (Wildman–Crippen MR) is 138 cm³/mol. The van der Waals surface area contributed by atoms with Gasteiger partial charge in [-0.3, -0.25) is 14.0 Å². The van der Waals surface area contributed by atoms with Crippen LogP contribution in [-0.2, 0) is 4.79 Å². The maximum atomic E-state index is 13.3. The third-order valence-electron chi connectivity index (χ3n) is 4.91. The molecule has 4 aromatic rings. The van der Waals surface area contributed by atoms with Crippen LogP contribution in [0.15, 0.2) is 77.2 Å². The Labute approximate surface area is 215 Å². The average Bonchev–Trinajstić information content (AvgIpc) is 2.87. The number of hydrogen-bond donors (Lipinski definition) is 1. The first-order valence-electron chi connectivity index (χ1n) is 10.7. The largest absolute Gasteiger partial charge is 0.494 e. The molecule has 0 bridgehead atoms. The fraction of sp³-hybridized carbons (Fsp3) is 0.0769. The van der Waals surface area contributed by atoms with Crippen LogP contribution in [0.3, 0.4) is 0 Å². The molecule has 8 nitrogen and oxygen atoms in total. The summed E-state index contributed by atoms with van der Waals surface area (Å²) in [6.45, 7) is 2.37. The second-order valence-electron chi connectivity index (χ2n) is 7.32. The molecule has 0 radical (unpaired) electrons. The second kappa shape index (κ2) is 11.0. The van der Waals surface area contributed by atoms with Gasteiger partial charge in [0, 0.05) is 16.9 Å². The summed E-state index contributed by atoms with van der Waals surface area (Å²) in [5, 5.41) is 12.9. The van der Waals surface area contributed by atoms with Crippen LogP contribution in [0.5, 0.6) is 17.4 Å². The van der Waals surface area contributed by atoms with E-state index in [0.29, 0.717) is 28.7 Å². The summed E-state index contributed by atoms with van der Waals surface area (Å²) in [6, 6.07) is 18.1. The van der Waals surface area contributed by atoms with Gasteiger partial charge in [0.15, 0.2) is 0 Å². The summed E-state index contributed by atoms with van der Waals surface area (Å²) in [5.41, 5.74) is -0.226. The number of anilines is 1. The van der Waals surface area contributed by atoms with Gasteiger partial charge in [-0.15, -0.1) is 0 Å². The number of nitrogens with one attached hydrogen (secondary N) is 1. The molecule has 180 valence electrons. The van der Waals surface area contributed by atoms with Crippen LogP contribution >= 0.6 is 23.2 Å². The van der Waals surface area contributed by atoms with Crippen molar-refractivity contribution in [1.29, 1.82) is 5.26 Å². The Morgan fingerprint density at radius 2 is 1.94 bits per heavy atom. The third-order valence-corrected chi connectivity index (χ3v) is 5.44. The van der Waals surface area contributed by atoms with Crippen LogP contribution in [0, 0.1) is 11.3 Å². The number of fused-ring (bicyclic) bond motifs is 1. The average molecular weight is 521 g/mol. The van der Waals surface area contributed by atoms with E-state index in [9.17, 15) is 14.9 Å². The third kappa shape index (κ3) is 5.49. The van der Waals surface area contributed by atoms with Crippen molar-refractivity contribution in [2.24, 2.45) is 0 Å². The Morgan fingerprint density at radius 1 is 1.17 bits per heavy atom. The van der Waals surface area contributed by atoms with E-state index < -0.39 is 11.5 Å². The number of nitriles is 1. The number of ether oxygens (including phenoxy) is 2. The first-order chi connectivity index (χ1) is 17.4. The standard InChI is InChI=1S/C26H18Cl2N4O4/c1-2-35-19-9-7-18(8-10-19)30-24(33)16(15-29)13-20-25(36-22-11-6-17(27)14-21(22)28)31-23-5-3-4-12-32(23)26(20)34/h3-14H,2H2,1H3,(H,30,33). The highest BCUT2D eigenvalue weighted by Crippen LogP contribution is 2.32. The smallest absolute Gasteiger partial charge is 0.269 e. The zero-order valence-corrected chi connectivity index (χ0v) is 20.4. The maximum Gasteiger partial charge on any atom is 0.269 e. The van der Waals surface area contributed by atoms with Crippen molar-refractivity contribution in [3.05, 3.63) is 98.4 Å². The molecule has 2 aromatic carbocycles. The normalized spacial score (nSPS) is 11.1. The lowest BCUT2D eigenvalue weighted by Gasteiger charge is -2.11. The van der Waals surface area contributed by atoms with Crippen molar-refractivity contribution in [1.82, 2.24) is 9.38 Å². The van der Waals surface area contributed by atoms with Gasteiger partial charge in [-0.05, 0) is 67.6 Å². The SMILES string of the molecule is CCOc1ccc(NC(=O)C(C#N)=Cc2c(Oc3ccc(Cl)cc3Cl)nc3ccccn3c2=O)cc1. The predicted octanol–water partition coefficient (Wildman–Crippen LogP) is 5.74. The van der Waals surface area contributed by atoms with E-state index in [4.69, 9.17) is 32.7 Å². The maximum absolute atomic E-state index is 13.3. The van der Waals surface area contributed by atoms with Crippen molar-refractivity contribution in [2.45, 2.75) is 6.92 Å². The molecule has 36 heavy (non-hydrogen) atoms. The van der Waals surface area contributed by atoms with E-state index in [2.05, 4.69) is 10.3 Å². The number of amides is 1. The minimum absolute atomic E-state index is 0.108. The van der Waals surface area contributed by atoms with Crippen molar-refractivity contribution in [3.8, 4) is 23.4 Å². The minimum atomic E-state index is -0.713. The lowest BCUT2D eigenvalue weighted by atomic mass is 10.1. The molecule has 0 unspecified atom stereocenters. The highest BCUT2D eigenvalue weighted by Gasteiger charge is 2.18. The highest BCUT2D eigenvalue weighted by atomic mass is 35.5. The Kier molecular flexibility index (Phi) is 7.54. The van der Waals surface area contributed by atoms with E-state index in [1.807, 2.05) is 13.0 Å². The Bertz CT molecular complexity index is 1570. The lowest BCUT2D eigenvalue weighted by molar-refractivity contribution is -0.112. The fourth-order valence-electron chi connectivity index (χ4n) is 3.24. The number of rotatable bonds is 7. The molecule has 1 N–H and O–H groups in total. The van der Waals surface area contributed by atoms with Gasteiger partial charge < -0.3 is 14.8 Å². The van der Waals surface area contributed by atoms with E-state index in [1.54, 1.807) is 48.5 Å². The number of hydrogen-bond acceptors (Lipinski definition) is 6. The molecule has 0 atom stereocenters. The molecule has 2 aromatic heterocycles. The zero-order valence-electron chi connectivity index (χ0n) is 18.9. The number of benzene rings is 2. The Hall–Kier alpha value is -4.32. The van der Waals surface area contributed by atoms with Gasteiger partial charge >= 0.3 is 0 Å². The van der Waals surface area contributed by atoms with Crippen LogP contribution in [0.4, 0.5) is 5.69 Å². The highest BCUT2D eigenvalue weighted by molar-refractivity contribution is 6.35. The quantitative estimate of drug-likeness (QED) is 0.246. The van der Waals surface area contributed by atoms with Gasteiger partial charge in [0.1, 0.15) is 34.4 Å². The number of carbonyl (C=O) groups excluding carboxylic acids is 1. The van der Waals surface area contributed by atoms with Crippen molar-refractivity contribution >= 4 is 46.5 Å².